The van der Waals surface area contributed by atoms with Gasteiger partial charge < -0.3 is 15.0 Å². The fourth-order valence-electron chi connectivity index (χ4n) is 2.84. The summed E-state index contributed by atoms with van der Waals surface area (Å²) in [6, 6.07) is 9.87. The largest absolute Gasteiger partial charge is 0.497 e. The van der Waals surface area contributed by atoms with Crippen LogP contribution in [0.25, 0.3) is 5.69 Å². The van der Waals surface area contributed by atoms with E-state index >= 15 is 0 Å². The number of methoxy groups -OCH3 is 1. The van der Waals surface area contributed by atoms with Crippen molar-refractivity contribution in [1.29, 1.82) is 0 Å². The van der Waals surface area contributed by atoms with Crippen molar-refractivity contribution in [3.63, 3.8) is 0 Å². The molecule has 6 nitrogen and oxygen atoms in total. The summed E-state index contributed by atoms with van der Waals surface area (Å²) in [5.74, 6) is 1.84. The molecule has 0 saturated carbocycles. The maximum Gasteiger partial charge on any atom is 0.194 e. The monoisotopic (exact) mass is 455 g/mol. The summed E-state index contributed by atoms with van der Waals surface area (Å²) in [5, 5.41) is 7.99. The summed E-state index contributed by atoms with van der Waals surface area (Å²) in [6.07, 6.45) is 4.46. The Balaban J connectivity index is 0.00000225. The van der Waals surface area contributed by atoms with Crippen LogP contribution in [0.4, 0.5) is 0 Å². The van der Waals surface area contributed by atoms with Crippen molar-refractivity contribution in [2.45, 2.75) is 26.3 Å². The van der Waals surface area contributed by atoms with Gasteiger partial charge in [0.1, 0.15) is 5.75 Å². The van der Waals surface area contributed by atoms with E-state index in [2.05, 4.69) is 22.2 Å². The van der Waals surface area contributed by atoms with E-state index in [1.165, 1.54) is 12.8 Å². The van der Waals surface area contributed by atoms with E-state index < -0.39 is 0 Å². The van der Waals surface area contributed by atoms with Gasteiger partial charge in [-0.25, -0.2) is 9.67 Å². The number of likely N-dealkylation sites (tertiary alicyclic amines) is 1. The Hall–Kier alpha value is -1.77. The zero-order valence-electron chi connectivity index (χ0n) is 14.8. The van der Waals surface area contributed by atoms with E-state index in [1.807, 2.05) is 41.2 Å². The zero-order valence-corrected chi connectivity index (χ0v) is 17.1. The van der Waals surface area contributed by atoms with Gasteiger partial charge in [-0.15, -0.1) is 24.0 Å². The summed E-state index contributed by atoms with van der Waals surface area (Å²) in [7, 11) is 1.67. The van der Waals surface area contributed by atoms with Crippen LogP contribution in [0.2, 0.25) is 0 Å². The molecule has 25 heavy (non-hydrogen) atoms. The van der Waals surface area contributed by atoms with Crippen molar-refractivity contribution in [3.8, 4) is 11.4 Å². The molecule has 2 aromatic rings. The molecule has 1 aliphatic heterocycles. The quantitative estimate of drug-likeness (QED) is 0.428. The first kappa shape index (κ1) is 19.6. The molecule has 136 valence electrons. The number of halogens is 1. The number of rotatable bonds is 5. The lowest BCUT2D eigenvalue weighted by atomic mass is 10.3. The average Bonchev–Trinajstić information content (AvgIpc) is 3.30. The van der Waals surface area contributed by atoms with Gasteiger partial charge in [-0.1, -0.05) is 0 Å². The Morgan fingerprint density at radius 3 is 2.56 bits per heavy atom. The lowest BCUT2D eigenvalue weighted by Gasteiger charge is -2.20. The van der Waals surface area contributed by atoms with Crippen molar-refractivity contribution in [2.75, 3.05) is 26.7 Å². The average molecular weight is 455 g/mol. The molecule has 1 aliphatic rings. The molecule has 0 radical (unpaired) electrons. The van der Waals surface area contributed by atoms with Gasteiger partial charge >= 0.3 is 0 Å². The summed E-state index contributed by atoms with van der Waals surface area (Å²) >= 11 is 0. The molecule has 2 heterocycles. The number of ether oxygens (including phenoxy) is 1. The third-order valence-electron chi connectivity index (χ3n) is 4.11. The van der Waals surface area contributed by atoms with E-state index in [9.17, 15) is 0 Å². The van der Waals surface area contributed by atoms with Crippen molar-refractivity contribution >= 4 is 29.9 Å². The predicted octanol–water partition coefficient (Wildman–Crippen LogP) is 3.06. The minimum atomic E-state index is 0. The fraction of sp³-hybridized carbons (Fsp3) is 0.444. The third-order valence-corrected chi connectivity index (χ3v) is 4.11. The molecule has 0 bridgehead atoms. The molecule has 1 aromatic heterocycles. The third kappa shape index (κ3) is 5.10. The number of aromatic nitrogens is 2. The summed E-state index contributed by atoms with van der Waals surface area (Å²) in [4.78, 5) is 7.06. The van der Waals surface area contributed by atoms with Crippen LogP contribution < -0.4 is 10.1 Å². The second-order valence-electron chi connectivity index (χ2n) is 5.81. The topological polar surface area (TPSA) is 54.7 Å². The van der Waals surface area contributed by atoms with E-state index in [4.69, 9.17) is 9.73 Å². The maximum atomic E-state index is 5.19. The number of guanidine groups is 1. The highest BCUT2D eigenvalue weighted by Gasteiger charge is 2.15. The van der Waals surface area contributed by atoms with Gasteiger partial charge in [0.25, 0.3) is 0 Å². The van der Waals surface area contributed by atoms with Gasteiger partial charge in [0.15, 0.2) is 5.96 Å². The van der Waals surface area contributed by atoms with E-state index in [0.717, 1.165) is 42.7 Å². The van der Waals surface area contributed by atoms with Crippen molar-refractivity contribution in [3.05, 3.63) is 42.2 Å². The summed E-state index contributed by atoms with van der Waals surface area (Å²) in [5.41, 5.74) is 1.97. The first-order valence-electron chi connectivity index (χ1n) is 8.52. The van der Waals surface area contributed by atoms with Crippen LogP contribution in [0.5, 0.6) is 5.75 Å². The Kier molecular flexibility index (Phi) is 7.54. The number of nitrogens with zero attached hydrogens (tertiary/aromatic N) is 4. The molecule has 1 saturated heterocycles. The van der Waals surface area contributed by atoms with Crippen molar-refractivity contribution in [2.24, 2.45) is 4.99 Å². The van der Waals surface area contributed by atoms with Gasteiger partial charge in [-0.3, -0.25) is 0 Å². The molecule has 0 spiro atoms. The highest BCUT2D eigenvalue weighted by atomic mass is 127. The van der Waals surface area contributed by atoms with Crippen LogP contribution in [-0.2, 0) is 6.54 Å². The molecule has 7 heteroatoms. The normalized spacial score (nSPS) is 14.3. The highest BCUT2D eigenvalue weighted by Crippen LogP contribution is 2.15. The van der Waals surface area contributed by atoms with Crippen molar-refractivity contribution < 1.29 is 4.74 Å². The van der Waals surface area contributed by atoms with Crippen LogP contribution in [-0.4, -0.2) is 47.4 Å². The van der Waals surface area contributed by atoms with Crippen LogP contribution in [0.1, 0.15) is 25.5 Å². The Morgan fingerprint density at radius 1 is 1.20 bits per heavy atom. The molecule has 0 aliphatic carbocycles. The van der Waals surface area contributed by atoms with E-state index in [1.54, 1.807) is 7.11 Å². The molecule has 0 amide bonds. The van der Waals surface area contributed by atoms with Gasteiger partial charge in [-0.2, -0.15) is 5.10 Å². The van der Waals surface area contributed by atoms with Crippen LogP contribution >= 0.6 is 24.0 Å². The lowest BCUT2D eigenvalue weighted by Crippen LogP contribution is -2.39. The second kappa shape index (κ2) is 9.65. The Morgan fingerprint density at radius 2 is 1.92 bits per heavy atom. The van der Waals surface area contributed by atoms with Crippen LogP contribution in [0, 0.1) is 0 Å². The predicted molar refractivity (Wildman–Crippen MR) is 111 cm³/mol. The van der Waals surface area contributed by atoms with E-state index in [-0.39, 0.29) is 24.0 Å². The molecule has 1 aromatic carbocycles. The maximum absolute atomic E-state index is 5.19. The summed E-state index contributed by atoms with van der Waals surface area (Å²) < 4.78 is 7.06. The number of hydrogen-bond acceptors (Lipinski definition) is 3. The fourth-order valence-corrected chi connectivity index (χ4v) is 2.84. The number of nitrogens with one attached hydrogen (secondary N) is 1. The van der Waals surface area contributed by atoms with Gasteiger partial charge in [0.05, 0.1) is 25.0 Å². The zero-order chi connectivity index (χ0) is 16.8. The molecule has 0 unspecified atom stereocenters. The van der Waals surface area contributed by atoms with Crippen LogP contribution in [0.3, 0.4) is 0 Å². The SMILES string of the molecule is CCNC(=NCc1ccn(-c2ccc(OC)cc2)n1)N1CCCC1.I. The van der Waals surface area contributed by atoms with Gasteiger partial charge in [0.2, 0.25) is 0 Å². The minimum Gasteiger partial charge on any atom is -0.497 e. The van der Waals surface area contributed by atoms with Gasteiger partial charge in [-0.05, 0) is 50.1 Å². The molecule has 0 atom stereocenters. The lowest BCUT2D eigenvalue weighted by molar-refractivity contribution is 0.414. The molecular formula is C18H26IN5O. The number of aliphatic imine (C=N–C) groups is 1. The molecule has 1 N–H and O–H groups in total. The highest BCUT2D eigenvalue weighted by molar-refractivity contribution is 14.0. The van der Waals surface area contributed by atoms with Crippen LogP contribution in [0.15, 0.2) is 41.5 Å². The minimum absolute atomic E-state index is 0. The number of hydrogen-bond donors (Lipinski definition) is 1. The Bertz CT molecular complexity index is 677. The smallest absolute Gasteiger partial charge is 0.194 e. The van der Waals surface area contributed by atoms with Crippen molar-refractivity contribution in [1.82, 2.24) is 20.0 Å². The summed E-state index contributed by atoms with van der Waals surface area (Å²) in [6.45, 7) is 5.75. The first-order chi connectivity index (χ1) is 11.8. The molecular weight excluding hydrogens is 429 g/mol. The molecule has 3 rings (SSSR count). The second-order valence-corrected chi connectivity index (χ2v) is 5.81. The molecule has 1 fully saturated rings. The van der Waals surface area contributed by atoms with Gasteiger partial charge in [0, 0.05) is 25.8 Å². The standard InChI is InChI=1S/C18H25N5O.HI/c1-3-19-18(22-11-4-5-12-22)20-14-15-10-13-23(21-15)16-6-8-17(24-2)9-7-16;/h6-10,13H,3-5,11-12,14H2,1-2H3,(H,19,20);1H. The number of benzene rings is 1. The Labute approximate surface area is 166 Å². The van der Waals surface area contributed by atoms with E-state index in [0.29, 0.717) is 6.54 Å². The first-order valence-corrected chi connectivity index (χ1v) is 8.52.